The molecule has 0 aliphatic heterocycles. The van der Waals surface area contributed by atoms with Crippen molar-refractivity contribution in [2.75, 3.05) is 14.1 Å². The maximum atomic E-state index is 4.50. The molecule has 1 aliphatic carbocycles. The van der Waals surface area contributed by atoms with E-state index >= 15 is 0 Å². The van der Waals surface area contributed by atoms with E-state index in [9.17, 15) is 0 Å². The summed E-state index contributed by atoms with van der Waals surface area (Å²) < 4.78 is 0. The lowest BCUT2D eigenvalue weighted by molar-refractivity contribution is 0.0904. The summed E-state index contributed by atoms with van der Waals surface area (Å²) in [5.74, 6) is 0.603. The van der Waals surface area contributed by atoms with E-state index in [0.29, 0.717) is 5.92 Å². The number of aromatic amines is 1. The average Bonchev–Trinajstić information content (AvgIpc) is 2.99. The molecule has 1 N–H and O–H groups in total. The summed E-state index contributed by atoms with van der Waals surface area (Å²) in [5.41, 5.74) is 5.42. The Hall–Kier alpha value is -2.13. The molecule has 1 aliphatic rings. The second-order valence-electron chi connectivity index (χ2n) is 7.63. The van der Waals surface area contributed by atoms with Gasteiger partial charge in [0.2, 0.25) is 0 Å². The van der Waals surface area contributed by atoms with Crippen molar-refractivity contribution in [2.45, 2.75) is 44.1 Å². The molecule has 0 radical (unpaired) electrons. The van der Waals surface area contributed by atoms with Crippen molar-refractivity contribution < 1.29 is 0 Å². The molecule has 0 unspecified atom stereocenters. The fourth-order valence-electron chi connectivity index (χ4n) is 4.71. The first-order valence-corrected chi connectivity index (χ1v) is 9.28. The molecular weight excluding hydrogens is 306 g/mol. The van der Waals surface area contributed by atoms with Crippen LogP contribution in [0, 0.1) is 6.92 Å². The number of fused-ring (bicyclic) bond motifs is 1. The molecule has 25 heavy (non-hydrogen) atoms. The SMILES string of the molecule is Cc1c(C2CCC(c3ccccc3)(N(C)C)CC2)[nH]c2ncccc12. The summed E-state index contributed by atoms with van der Waals surface area (Å²) in [4.78, 5) is 10.5. The van der Waals surface area contributed by atoms with Crippen LogP contribution < -0.4 is 0 Å². The number of nitrogens with zero attached hydrogens (tertiary/aromatic N) is 2. The minimum atomic E-state index is 0.163. The number of pyridine rings is 1. The summed E-state index contributed by atoms with van der Waals surface area (Å²) in [6, 6.07) is 15.2. The third-order valence-corrected chi connectivity index (χ3v) is 6.26. The lowest BCUT2D eigenvalue weighted by Crippen LogP contribution is -2.44. The van der Waals surface area contributed by atoms with Crippen LogP contribution in [0.25, 0.3) is 11.0 Å². The van der Waals surface area contributed by atoms with E-state index < -0.39 is 0 Å². The Morgan fingerprint density at radius 3 is 2.40 bits per heavy atom. The van der Waals surface area contributed by atoms with Gasteiger partial charge >= 0.3 is 0 Å². The monoisotopic (exact) mass is 333 g/mol. The molecule has 0 bridgehead atoms. The van der Waals surface area contributed by atoms with Crippen LogP contribution in [0.1, 0.15) is 48.4 Å². The highest BCUT2D eigenvalue weighted by atomic mass is 15.1. The summed E-state index contributed by atoms with van der Waals surface area (Å²) in [5, 5.41) is 1.27. The van der Waals surface area contributed by atoms with Crippen molar-refractivity contribution >= 4 is 11.0 Å². The lowest BCUT2D eigenvalue weighted by atomic mass is 9.71. The molecule has 2 aromatic heterocycles. The first kappa shape index (κ1) is 16.3. The third kappa shape index (κ3) is 2.67. The van der Waals surface area contributed by atoms with Gasteiger partial charge in [-0.3, -0.25) is 4.90 Å². The predicted octanol–water partition coefficient (Wildman–Crippen LogP) is 4.99. The minimum absolute atomic E-state index is 0.163. The van der Waals surface area contributed by atoms with Crippen LogP contribution in [0.3, 0.4) is 0 Å². The van der Waals surface area contributed by atoms with Crippen LogP contribution >= 0.6 is 0 Å². The maximum Gasteiger partial charge on any atom is 0.137 e. The van der Waals surface area contributed by atoms with Crippen LogP contribution in [0.2, 0.25) is 0 Å². The fourth-order valence-corrected chi connectivity index (χ4v) is 4.71. The van der Waals surface area contributed by atoms with Crippen molar-refractivity contribution in [3.63, 3.8) is 0 Å². The Morgan fingerprint density at radius 2 is 1.76 bits per heavy atom. The molecule has 0 atom stereocenters. The lowest BCUT2D eigenvalue weighted by Gasteiger charge is -2.45. The van der Waals surface area contributed by atoms with Crippen molar-refractivity contribution in [1.82, 2.24) is 14.9 Å². The molecule has 3 nitrogen and oxygen atoms in total. The minimum Gasteiger partial charge on any atom is -0.343 e. The van der Waals surface area contributed by atoms with Crippen molar-refractivity contribution in [3.05, 3.63) is 65.5 Å². The van der Waals surface area contributed by atoms with Gasteiger partial charge in [0, 0.05) is 22.8 Å². The largest absolute Gasteiger partial charge is 0.343 e. The maximum absolute atomic E-state index is 4.50. The smallest absolute Gasteiger partial charge is 0.137 e. The highest BCUT2D eigenvalue weighted by molar-refractivity contribution is 5.81. The van der Waals surface area contributed by atoms with Crippen LogP contribution in [0.4, 0.5) is 0 Å². The van der Waals surface area contributed by atoms with Gasteiger partial charge < -0.3 is 4.98 Å². The zero-order valence-corrected chi connectivity index (χ0v) is 15.4. The number of aryl methyl sites for hydroxylation is 1. The summed E-state index contributed by atoms with van der Waals surface area (Å²) in [7, 11) is 4.46. The predicted molar refractivity (Wildman–Crippen MR) is 104 cm³/mol. The topological polar surface area (TPSA) is 31.9 Å². The number of hydrogen-bond donors (Lipinski definition) is 1. The van der Waals surface area contributed by atoms with E-state index in [1.54, 1.807) is 0 Å². The number of benzene rings is 1. The average molecular weight is 333 g/mol. The molecule has 0 spiro atoms. The normalized spacial score (nSPS) is 24.1. The Labute approximate surface area is 150 Å². The molecule has 1 fully saturated rings. The van der Waals surface area contributed by atoms with E-state index in [4.69, 9.17) is 0 Å². The number of rotatable bonds is 3. The first-order valence-electron chi connectivity index (χ1n) is 9.28. The van der Waals surface area contributed by atoms with Crippen LogP contribution in [-0.4, -0.2) is 29.0 Å². The first-order chi connectivity index (χ1) is 12.1. The van der Waals surface area contributed by atoms with Crippen LogP contribution in [0.15, 0.2) is 48.7 Å². The van der Waals surface area contributed by atoms with E-state index in [1.165, 1.54) is 47.9 Å². The number of nitrogens with one attached hydrogen (secondary N) is 1. The molecule has 1 aromatic carbocycles. The van der Waals surface area contributed by atoms with Crippen molar-refractivity contribution in [1.29, 1.82) is 0 Å². The van der Waals surface area contributed by atoms with Crippen molar-refractivity contribution in [2.24, 2.45) is 0 Å². The Kier molecular flexibility index (Phi) is 4.12. The molecule has 2 heterocycles. The van der Waals surface area contributed by atoms with Gasteiger partial charge in [0.15, 0.2) is 0 Å². The van der Waals surface area contributed by atoms with Gasteiger partial charge in [-0.15, -0.1) is 0 Å². The van der Waals surface area contributed by atoms with Crippen LogP contribution in [0.5, 0.6) is 0 Å². The van der Waals surface area contributed by atoms with Gasteiger partial charge in [-0.2, -0.15) is 0 Å². The van der Waals surface area contributed by atoms with Gasteiger partial charge in [0.25, 0.3) is 0 Å². The van der Waals surface area contributed by atoms with E-state index in [-0.39, 0.29) is 5.54 Å². The van der Waals surface area contributed by atoms with Gasteiger partial charge in [0.1, 0.15) is 5.65 Å². The summed E-state index contributed by atoms with van der Waals surface area (Å²) in [6.45, 7) is 2.24. The van der Waals surface area contributed by atoms with Gasteiger partial charge in [-0.05, 0) is 75.9 Å². The van der Waals surface area contributed by atoms with E-state index in [2.05, 4.69) is 72.3 Å². The standard InChI is InChI=1S/C22H27N3/c1-16-19-10-7-15-23-21(19)24-20(16)17-11-13-22(14-12-17,25(2)3)18-8-5-4-6-9-18/h4-10,15,17H,11-14H2,1-3H3,(H,23,24). The molecule has 3 heteroatoms. The molecular formula is C22H27N3. The number of aromatic nitrogens is 2. The van der Waals surface area contributed by atoms with Crippen molar-refractivity contribution in [3.8, 4) is 0 Å². The van der Waals surface area contributed by atoms with Gasteiger partial charge in [0.05, 0.1) is 0 Å². The number of H-pyrrole nitrogens is 1. The Bertz CT molecular complexity index is 855. The summed E-state index contributed by atoms with van der Waals surface area (Å²) in [6.07, 6.45) is 6.67. The molecule has 4 rings (SSSR count). The summed E-state index contributed by atoms with van der Waals surface area (Å²) >= 11 is 0. The fraction of sp³-hybridized carbons (Fsp3) is 0.409. The molecule has 1 saturated carbocycles. The second kappa shape index (κ2) is 6.30. The molecule has 0 saturated heterocycles. The highest BCUT2D eigenvalue weighted by Gasteiger charge is 2.39. The second-order valence-corrected chi connectivity index (χ2v) is 7.63. The molecule has 3 aromatic rings. The molecule has 130 valence electrons. The third-order valence-electron chi connectivity index (χ3n) is 6.26. The quantitative estimate of drug-likeness (QED) is 0.732. The van der Waals surface area contributed by atoms with E-state index in [0.717, 1.165) is 5.65 Å². The van der Waals surface area contributed by atoms with Gasteiger partial charge in [-0.25, -0.2) is 4.98 Å². The van der Waals surface area contributed by atoms with Gasteiger partial charge in [-0.1, -0.05) is 30.3 Å². The zero-order valence-electron chi connectivity index (χ0n) is 15.4. The Morgan fingerprint density at radius 1 is 1.04 bits per heavy atom. The van der Waals surface area contributed by atoms with E-state index in [1.807, 2.05) is 12.3 Å². The zero-order chi connectivity index (χ0) is 17.4. The number of hydrogen-bond acceptors (Lipinski definition) is 2. The van der Waals surface area contributed by atoms with Crippen LogP contribution in [-0.2, 0) is 5.54 Å². The highest BCUT2D eigenvalue weighted by Crippen LogP contribution is 2.46. The molecule has 0 amide bonds. The Balaban J connectivity index is 1.62.